The van der Waals surface area contributed by atoms with Crippen LogP contribution in [-0.2, 0) is 21.4 Å². The molecule has 0 spiro atoms. The maximum atomic E-state index is 14.2. The van der Waals surface area contributed by atoms with Gasteiger partial charge in [0.15, 0.2) is 4.84 Å². The number of hydrogen-bond acceptors (Lipinski definition) is 5. The highest BCUT2D eigenvalue weighted by Gasteiger charge is 2.25. The highest BCUT2D eigenvalue weighted by molar-refractivity contribution is 7.88. The third-order valence-corrected chi connectivity index (χ3v) is 5.14. The number of alkyl halides is 3. The number of carbonyl (C=O) groups excluding carboxylic acids is 1. The van der Waals surface area contributed by atoms with Crippen LogP contribution in [-0.4, -0.2) is 48.2 Å². The van der Waals surface area contributed by atoms with Crippen molar-refractivity contribution in [2.24, 2.45) is 0 Å². The zero-order valence-corrected chi connectivity index (χ0v) is 18.0. The summed E-state index contributed by atoms with van der Waals surface area (Å²) < 4.78 is 51.8. The molecule has 0 saturated carbocycles. The summed E-state index contributed by atoms with van der Waals surface area (Å²) >= 11 is 10.8. The van der Waals surface area contributed by atoms with Gasteiger partial charge in [0.25, 0.3) is 5.91 Å². The Morgan fingerprint density at radius 3 is 2.37 bits per heavy atom. The average molecular weight is 482 g/mol. The first-order valence-electron chi connectivity index (χ1n) is 8.53. The molecular weight excluding hydrogens is 463 g/mol. The molecule has 12 heteroatoms. The van der Waals surface area contributed by atoms with E-state index in [0.29, 0.717) is 16.7 Å². The second kappa shape index (κ2) is 10.5. The van der Waals surface area contributed by atoms with Crippen LogP contribution in [0.25, 0.3) is 11.1 Å². The summed E-state index contributed by atoms with van der Waals surface area (Å²) in [5.41, 5.74) is 1.22. The van der Waals surface area contributed by atoms with Crippen LogP contribution >= 0.6 is 23.2 Å². The SMILES string of the molecule is CS(=O)(=O)NCc1ncc(-c2ccc(C(O)C(CF)NC(=O)C(Cl)Cl)cc2)cc1F. The van der Waals surface area contributed by atoms with Crippen molar-refractivity contribution in [2.75, 3.05) is 12.9 Å². The summed E-state index contributed by atoms with van der Waals surface area (Å²) in [5.74, 6) is -1.52. The van der Waals surface area contributed by atoms with Crippen LogP contribution in [0.1, 0.15) is 17.4 Å². The lowest BCUT2D eigenvalue weighted by molar-refractivity contribution is -0.121. The molecule has 0 radical (unpaired) electrons. The van der Waals surface area contributed by atoms with Gasteiger partial charge in [-0.2, -0.15) is 0 Å². The molecule has 1 aromatic heterocycles. The number of carbonyl (C=O) groups is 1. The number of rotatable bonds is 9. The monoisotopic (exact) mass is 481 g/mol. The van der Waals surface area contributed by atoms with Gasteiger partial charge in [0, 0.05) is 11.8 Å². The predicted octanol–water partition coefficient (Wildman–Crippen LogP) is 2.23. The molecule has 1 aromatic carbocycles. The summed E-state index contributed by atoms with van der Waals surface area (Å²) in [6.07, 6.45) is 0.969. The minimum atomic E-state index is -3.48. The molecule has 1 heterocycles. The molecule has 0 fully saturated rings. The van der Waals surface area contributed by atoms with Gasteiger partial charge in [-0.15, -0.1) is 0 Å². The van der Waals surface area contributed by atoms with E-state index in [4.69, 9.17) is 23.2 Å². The van der Waals surface area contributed by atoms with E-state index in [9.17, 15) is 27.1 Å². The zero-order chi connectivity index (χ0) is 22.5. The van der Waals surface area contributed by atoms with Gasteiger partial charge in [0.2, 0.25) is 10.0 Å². The maximum Gasteiger partial charge on any atom is 0.253 e. The summed E-state index contributed by atoms with van der Waals surface area (Å²) in [4.78, 5) is 14.1. The van der Waals surface area contributed by atoms with Crippen molar-refractivity contribution in [3.05, 3.63) is 53.6 Å². The Balaban J connectivity index is 2.14. The third kappa shape index (κ3) is 6.85. The molecule has 1 amide bonds. The molecule has 3 N–H and O–H groups in total. The van der Waals surface area contributed by atoms with Crippen molar-refractivity contribution in [3.63, 3.8) is 0 Å². The van der Waals surface area contributed by atoms with Gasteiger partial charge in [0.05, 0.1) is 24.5 Å². The number of hydrogen-bond donors (Lipinski definition) is 3. The Morgan fingerprint density at radius 1 is 1.23 bits per heavy atom. The third-order valence-electron chi connectivity index (χ3n) is 4.08. The van der Waals surface area contributed by atoms with Gasteiger partial charge in [0.1, 0.15) is 18.6 Å². The molecule has 164 valence electrons. The zero-order valence-electron chi connectivity index (χ0n) is 15.6. The van der Waals surface area contributed by atoms with E-state index in [1.807, 2.05) is 0 Å². The average Bonchev–Trinajstić information content (AvgIpc) is 2.69. The van der Waals surface area contributed by atoms with Crippen LogP contribution in [0.3, 0.4) is 0 Å². The molecule has 2 atom stereocenters. The Bertz CT molecular complexity index is 991. The van der Waals surface area contributed by atoms with Crippen LogP contribution in [0.15, 0.2) is 36.5 Å². The van der Waals surface area contributed by atoms with Gasteiger partial charge in [-0.05, 0) is 17.2 Å². The largest absolute Gasteiger partial charge is 0.386 e. The number of sulfonamides is 1. The number of amides is 1. The molecule has 0 bridgehead atoms. The van der Waals surface area contributed by atoms with E-state index in [2.05, 4.69) is 15.0 Å². The fourth-order valence-corrected chi connectivity index (χ4v) is 3.03. The standard InChI is InChI=1S/C18H19Cl2F2N3O4S/c1-30(28,29)24-9-15-13(22)6-12(8-23-15)10-2-4-11(5-3-10)16(26)14(7-21)25-18(27)17(19)20/h2-6,8,14,16-17,24,26H,7,9H2,1H3,(H,25,27). The molecule has 2 unspecified atom stereocenters. The lowest BCUT2D eigenvalue weighted by Gasteiger charge is -2.22. The van der Waals surface area contributed by atoms with Crippen LogP contribution in [0, 0.1) is 5.82 Å². The number of aliphatic hydroxyl groups excluding tert-OH is 1. The van der Waals surface area contributed by atoms with E-state index in [0.717, 1.165) is 6.26 Å². The number of halogens is 4. The second-order valence-electron chi connectivity index (χ2n) is 6.38. The Morgan fingerprint density at radius 2 is 1.87 bits per heavy atom. The fourth-order valence-electron chi connectivity index (χ4n) is 2.51. The first-order valence-corrected chi connectivity index (χ1v) is 11.3. The quantitative estimate of drug-likeness (QED) is 0.475. The van der Waals surface area contributed by atoms with Gasteiger partial charge in [-0.1, -0.05) is 47.5 Å². The number of pyridine rings is 1. The van der Waals surface area contributed by atoms with Crippen molar-refractivity contribution in [2.45, 2.75) is 23.5 Å². The minimum absolute atomic E-state index is 0.0605. The fraction of sp³-hybridized carbons (Fsp3) is 0.333. The van der Waals surface area contributed by atoms with Crippen LogP contribution in [0.5, 0.6) is 0 Å². The van der Waals surface area contributed by atoms with E-state index in [-0.39, 0.29) is 12.2 Å². The van der Waals surface area contributed by atoms with Crippen molar-refractivity contribution in [1.29, 1.82) is 0 Å². The number of aromatic nitrogens is 1. The first-order chi connectivity index (χ1) is 14.0. The Hall–Kier alpha value is -1.85. The second-order valence-corrected chi connectivity index (χ2v) is 9.31. The lowest BCUT2D eigenvalue weighted by Crippen LogP contribution is -2.43. The smallest absolute Gasteiger partial charge is 0.253 e. The van der Waals surface area contributed by atoms with Gasteiger partial charge in [-0.3, -0.25) is 9.78 Å². The summed E-state index contributed by atoms with van der Waals surface area (Å²) in [7, 11) is -3.48. The topological polar surface area (TPSA) is 108 Å². The number of benzene rings is 1. The van der Waals surface area contributed by atoms with Gasteiger partial charge in [-0.25, -0.2) is 21.9 Å². The Labute approximate surface area is 182 Å². The van der Waals surface area contributed by atoms with Crippen LogP contribution in [0.4, 0.5) is 8.78 Å². The number of nitrogens with one attached hydrogen (secondary N) is 2. The molecule has 2 aromatic rings. The summed E-state index contributed by atoms with van der Waals surface area (Å²) in [5, 5.41) is 12.5. The lowest BCUT2D eigenvalue weighted by atomic mass is 9.99. The molecule has 0 aliphatic rings. The molecular formula is C18H19Cl2F2N3O4S. The number of nitrogens with zero attached hydrogens (tertiary/aromatic N) is 1. The van der Waals surface area contributed by atoms with Crippen molar-refractivity contribution < 1.29 is 27.1 Å². The molecule has 0 aliphatic carbocycles. The molecule has 7 nitrogen and oxygen atoms in total. The van der Waals surface area contributed by atoms with Crippen molar-refractivity contribution in [3.8, 4) is 11.1 Å². The van der Waals surface area contributed by atoms with E-state index >= 15 is 0 Å². The van der Waals surface area contributed by atoms with Crippen molar-refractivity contribution >= 4 is 39.1 Å². The molecule has 30 heavy (non-hydrogen) atoms. The van der Waals surface area contributed by atoms with E-state index in [1.165, 1.54) is 24.4 Å². The minimum Gasteiger partial charge on any atom is -0.386 e. The molecule has 0 saturated heterocycles. The van der Waals surface area contributed by atoms with Crippen molar-refractivity contribution in [1.82, 2.24) is 15.0 Å². The van der Waals surface area contributed by atoms with Crippen LogP contribution < -0.4 is 10.0 Å². The highest BCUT2D eigenvalue weighted by atomic mass is 35.5. The van der Waals surface area contributed by atoms with Gasteiger partial charge >= 0.3 is 0 Å². The predicted molar refractivity (Wildman–Crippen MR) is 110 cm³/mol. The van der Waals surface area contributed by atoms with E-state index in [1.54, 1.807) is 12.1 Å². The highest BCUT2D eigenvalue weighted by Crippen LogP contribution is 2.25. The van der Waals surface area contributed by atoms with E-state index < -0.39 is 45.4 Å². The maximum absolute atomic E-state index is 14.2. The molecule has 2 rings (SSSR count). The van der Waals surface area contributed by atoms with Crippen LogP contribution in [0.2, 0.25) is 0 Å². The van der Waals surface area contributed by atoms with Gasteiger partial charge < -0.3 is 10.4 Å². The normalized spacial score (nSPS) is 13.8. The number of aliphatic hydroxyl groups is 1. The molecule has 0 aliphatic heterocycles. The summed E-state index contributed by atoms with van der Waals surface area (Å²) in [6, 6.07) is 6.06. The Kier molecular flexibility index (Phi) is 8.51. The summed E-state index contributed by atoms with van der Waals surface area (Å²) in [6.45, 7) is -1.33. The first kappa shape index (κ1) is 24.4.